The van der Waals surface area contributed by atoms with Gasteiger partial charge in [-0.15, -0.1) is 11.3 Å². The second-order valence-electron chi connectivity index (χ2n) is 5.02. The number of hydrogen-bond acceptors (Lipinski definition) is 6. The summed E-state index contributed by atoms with van der Waals surface area (Å²) in [5.41, 5.74) is 0.335. The van der Waals surface area contributed by atoms with E-state index in [2.05, 4.69) is 14.9 Å². The van der Waals surface area contributed by atoms with E-state index in [1.165, 1.54) is 18.3 Å². The molecule has 2 aromatic heterocycles. The molecule has 0 spiro atoms. The highest BCUT2D eigenvalue weighted by Gasteiger charge is 2.18. The Balaban J connectivity index is 1.96. The first kappa shape index (κ1) is 16.2. The Morgan fingerprint density at radius 1 is 1.25 bits per heavy atom. The number of rotatable bonds is 4. The van der Waals surface area contributed by atoms with Gasteiger partial charge in [-0.1, -0.05) is 11.2 Å². The molecule has 0 fully saturated rings. The zero-order valence-electron chi connectivity index (χ0n) is 12.5. The van der Waals surface area contributed by atoms with E-state index < -0.39 is 10.0 Å². The van der Waals surface area contributed by atoms with Crippen molar-refractivity contribution in [2.75, 3.05) is 4.72 Å². The highest BCUT2D eigenvalue weighted by atomic mass is 32.2. The lowest BCUT2D eigenvalue weighted by Crippen LogP contribution is -2.12. The monoisotopic (exact) mass is 363 g/mol. The van der Waals surface area contributed by atoms with Crippen LogP contribution in [0.5, 0.6) is 0 Å². The van der Waals surface area contributed by atoms with Gasteiger partial charge in [0.25, 0.3) is 15.6 Å². The molecule has 0 aliphatic rings. The first-order valence-corrected chi connectivity index (χ1v) is 9.14. The number of hydrogen-bond donors (Lipinski definition) is 3. The zero-order valence-corrected chi connectivity index (χ0v) is 14.1. The summed E-state index contributed by atoms with van der Waals surface area (Å²) in [6.45, 7) is 1.57. The summed E-state index contributed by atoms with van der Waals surface area (Å²) in [6.07, 6.45) is 1.53. The summed E-state index contributed by atoms with van der Waals surface area (Å²) in [6, 6.07) is 9.49. The smallest absolute Gasteiger partial charge is 0.271 e. The Labute approximate surface area is 141 Å². The molecule has 3 rings (SSSR count). The van der Waals surface area contributed by atoms with Gasteiger partial charge in [0.05, 0.1) is 10.6 Å². The van der Waals surface area contributed by atoms with Crippen LogP contribution in [-0.4, -0.2) is 24.3 Å². The fraction of sp³-hybridized carbons (Fsp3) is 0.0667. The van der Waals surface area contributed by atoms with Crippen molar-refractivity contribution in [1.82, 2.24) is 4.98 Å². The zero-order chi connectivity index (χ0) is 17.3. The number of nitrogens with zero attached hydrogens (tertiary/aromatic N) is 1. The summed E-state index contributed by atoms with van der Waals surface area (Å²) in [5.74, 6) is 0. The summed E-state index contributed by atoms with van der Waals surface area (Å²) in [4.78, 5) is 14.9. The predicted molar refractivity (Wildman–Crippen MR) is 93.7 cm³/mol. The molecule has 3 aromatic rings. The topological polar surface area (TPSA) is 112 Å². The lowest BCUT2D eigenvalue weighted by atomic mass is 10.1. The van der Waals surface area contributed by atoms with Gasteiger partial charge in [-0.05, 0) is 42.6 Å². The minimum absolute atomic E-state index is 0.0857. The third kappa shape index (κ3) is 3.03. The minimum Gasteiger partial charge on any atom is -0.411 e. The third-order valence-electron chi connectivity index (χ3n) is 3.38. The van der Waals surface area contributed by atoms with Gasteiger partial charge in [0, 0.05) is 17.3 Å². The lowest BCUT2D eigenvalue weighted by molar-refractivity contribution is 0.319. The van der Waals surface area contributed by atoms with Gasteiger partial charge < -0.3 is 10.2 Å². The van der Waals surface area contributed by atoms with Crippen LogP contribution in [0.4, 0.5) is 5.69 Å². The molecule has 124 valence electrons. The number of benzene rings is 1. The Morgan fingerprint density at radius 2 is 2.04 bits per heavy atom. The second kappa shape index (κ2) is 6.10. The molecule has 0 bridgehead atoms. The Hall–Kier alpha value is -2.65. The van der Waals surface area contributed by atoms with Gasteiger partial charge in [0.1, 0.15) is 4.21 Å². The molecule has 3 N–H and O–H groups in total. The van der Waals surface area contributed by atoms with Crippen molar-refractivity contribution in [2.24, 2.45) is 5.16 Å². The van der Waals surface area contributed by atoms with Gasteiger partial charge in [-0.3, -0.25) is 9.52 Å². The molecule has 0 aliphatic carbocycles. The number of aromatic amines is 1. The number of fused-ring (bicyclic) bond motifs is 1. The molecule has 2 heterocycles. The number of aromatic nitrogens is 1. The van der Waals surface area contributed by atoms with E-state index in [4.69, 9.17) is 5.21 Å². The Kier molecular flexibility index (Phi) is 4.12. The molecule has 24 heavy (non-hydrogen) atoms. The lowest BCUT2D eigenvalue weighted by Gasteiger charge is -2.07. The number of oxime groups is 1. The van der Waals surface area contributed by atoms with Gasteiger partial charge in [-0.25, -0.2) is 8.42 Å². The van der Waals surface area contributed by atoms with Crippen LogP contribution in [0, 0.1) is 0 Å². The van der Waals surface area contributed by atoms with Gasteiger partial charge in [0.15, 0.2) is 0 Å². The van der Waals surface area contributed by atoms with Gasteiger partial charge >= 0.3 is 0 Å². The van der Waals surface area contributed by atoms with Crippen molar-refractivity contribution in [3.63, 3.8) is 0 Å². The van der Waals surface area contributed by atoms with E-state index in [0.29, 0.717) is 21.7 Å². The summed E-state index contributed by atoms with van der Waals surface area (Å²) < 4.78 is 27.5. The minimum atomic E-state index is -3.80. The van der Waals surface area contributed by atoms with Crippen molar-refractivity contribution in [2.45, 2.75) is 11.1 Å². The molecule has 0 amide bonds. The molecule has 7 nitrogen and oxygen atoms in total. The normalized spacial score (nSPS) is 12.5. The van der Waals surface area contributed by atoms with Crippen molar-refractivity contribution in [3.8, 4) is 0 Å². The summed E-state index contributed by atoms with van der Waals surface area (Å²) >= 11 is 0.989. The fourth-order valence-electron chi connectivity index (χ4n) is 2.16. The Morgan fingerprint density at radius 3 is 2.79 bits per heavy atom. The maximum atomic E-state index is 12.5. The molecule has 9 heteroatoms. The van der Waals surface area contributed by atoms with Crippen LogP contribution >= 0.6 is 11.3 Å². The number of pyridine rings is 1. The van der Waals surface area contributed by atoms with E-state index in [9.17, 15) is 13.2 Å². The molecular formula is C15H13N3O4S2. The maximum Gasteiger partial charge on any atom is 0.271 e. The standard InChI is InChI=1S/C15H13N3O4S2/c1-9(17-20)13-4-5-14(23-13)24(21,22)18-11-3-2-10-6-7-16-15(19)12(10)8-11/h2-8,18,20H,1H3,(H,16,19)/b17-9+. The van der Waals surface area contributed by atoms with Crippen molar-refractivity contribution in [1.29, 1.82) is 0 Å². The molecule has 0 saturated carbocycles. The SMILES string of the molecule is C/C(=N\O)c1ccc(S(=O)(=O)Nc2ccc3cc[nH]c(=O)c3c2)s1. The van der Waals surface area contributed by atoms with Crippen LogP contribution in [0.25, 0.3) is 10.8 Å². The fourth-order valence-corrected chi connectivity index (χ4v) is 4.46. The van der Waals surface area contributed by atoms with Crippen LogP contribution in [0.3, 0.4) is 0 Å². The maximum absolute atomic E-state index is 12.5. The highest BCUT2D eigenvalue weighted by molar-refractivity contribution is 7.94. The average Bonchev–Trinajstić information content (AvgIpc) is 3.05. The number of anilines is 1. The largest absolute Gasteiger partial charge is 0.411 e. The Bertz CT molecular complexity index is 1100. The molecule has 0 unspecified atom stereocenters. The van der Waals surface area contributed by atoms with Crippen LogP contribution in [-0.2, 0) is 10.0 Å². The summed E-state index contributed by atoms with van der Waals surface area (Å²) in [7, 11) is -3.80. The molecule has 0 saturated heterocycles. The van der Waals surface area contributed by atoms with E-state index in [1.54, 1.807) is 31.2 Å². The molecular weight excluding hydrogens is 350 g/mol. The van der Waals surface area contributed by atoms with Gasteiger partial charge in [0.2, 0.25) is 0 Å². The van der Waals surface area contributed by atoms with Crippen LogP contribution in [0.1, 0.15) is 11.8 Å². The number of thiophene rings is 1. The van der Waals surface area contributed by atoms with Crippen molar-refractivity contribution < 1.29 is 13.6 Å². The quantitative estimate of drug-likeness (QED) is 0.376. The second-order valence-corrected chi connectivity index (χ2v) is 8.01. The van der Waals surface area contributed by atoms with Crippen LogP contribution in [0.15, 0.2) is 56.8 Å². The first-order chi connectivity index (χ1) is 11.4. The molecule has 0 radical (unpaired) electrons. The average molecular weight is 363 g/mol. The number of sulfonamides is 1. The van der Waals surface area contributed by atoms with Crippen LogP contribution < -0.4 is 10.3 Å². The van der Waals surface area contributed by atoms with Crippen molar-refractivity contribution >= 4 is 43.5 Å². The molecule has 1 aromatic carbocycles. The van der Waals surface area contributed by atoms with Gasteiger partial charge in [-0.2, -0.15) is 0 Å². The molecule has 0 atom stereocenters. The first-order valence-electron chi connectivity index (χ1n) is 6.84. The highest BCUT2D eigenvalue weighted by Crippen LogP contribution is 2.25. The van der Waals surface area contributed by atoms with E-state index in [0.717, 1.165) is 16.7 Å². The number of H-pyrrole nitrogens is 1. The van der Waals surface area contributed by atoms with E-state index in [-0.39, 0.29) is 9.77 Å². The van der Waals surface area contributed by atoms with E-state index >= 15 is 0 Å². The van der Waals surface area contributed by atoms with E-state index in [1.807, 2.05) is 0 Å². The molecule has 0 aliphatic heterocycles. The third-order valence-corrected chi connectivity index (χ3v) is 6.45. The summed E-state index contributed by atoms with van der Waals surface area (Å²) in [5, 5.41) is 12.9. The van der Waals surface area contributed by atoms with Crippen LogP contribution in [0.2, 0.25) is 0 Å². The number of nitrogens with one attached hydrogen (secondary N) is 2. The predicted octanol–water partition coefficient (Wildman–Crippen LogP) is 2.59. The van der Waals surface area contributed by atoms with Crippen molar-refractivity contribution in [3.05, 3.63) is 57.8 Å².